The number of non-ortho nitro benzene ring substituents is 1. The normalized spacial score (nSPS) is 14.4. The van der Waals surface area contributed by atoms with Crippen molar-refractivity contribution in [2.24, 2.45) is 0 Å². The van der Waals surface area contributed by atoms with E-state index in [1.807, 2.05) is 0 Å². The highest BCUT2D eigenvalue weighted by Gasteiger charge is 2.35. The fourth-order valence-corrected chi connectivity index (χ4v) is 4.05. The zero-order valence-corrected chi connectivity index (χ0v) is 20.1. The predicted octanol–water partition coefficient (Wildman–Crippen LogP) is 4.19. The molecular formula is C22H18Cl2N6O6. The van der Waals surface area contributed by atoms with Gasteiger partial charge in [-0.3, -0.25) is 29.5 Å². The van der Waals surface area contributed by atoms with Gasteiger partial charge in [0.25, 0.3) is 11.2 Å². The summed E-state index contributed by atoms with van der Waals surface area (Å²) in [6, 6.07) is 8.36. The monoisotopic (exact) mass is 532 g/mol. The molecule has 0 bridgehead atoms. The number of hydrogen-bond donors (Lipinski definition) is 4. The average molecular weight is 533 g/mol. The molecule has 12 nitrogen and oxygen atoms in total. The summed E-state index contributed by atoms with van der Waals surface area (Å²) in [7, 11) is 0. The van der Waals surface area contributed by atoms with Crippen LogP contribution in [0.15, 0.2) is 41.2 Å². The van der Waals surface area contributed by atoms with E-state index >= 15 is 0 Å². The van der Waals surface area contributed by atoms with Crippen molar-refractivity contribution in [2.75, 3.05) is 22.6 Å². The van der Waals surface area contributed by atoms with Crippen molar-refractivity contribution in [3.8, 4) is 5.75 Å². The number of nitrogens with one attached hydrogen (secondary N) is 4. The van der Waals surface area contributed by atoms with Crippen molar-refractivity contribution in [1.29, 1.82) is 0 Å². The first-order valence-electron chi connectivity index (χ1n) is 10.5. The number of carbonyl (C=O) groups is 2. The Balaban J connectivity index is 1.64. The molecule has 0 fully saturated rings. The SMILES string of the molecule is CCOc1cc([N+](=O)[O-])ccc1NC(=O)C1CC(=O)Nc2nc(Nc3ccc(Cl)cc3Cl)[nH]c(=O)c21. The van der Waals surface area contributed by atoms with E-state index in [0.29, 0.717) is 10.7 Å². The molecule has 1 unspecified atom stereocenters. The van der Waals surface area contributed by atoms with E-state index in [1.165, 1.54) is 24.3 Å². The number of aromatic amines is 1. The van der Waals surface area contributed by atoms with Crippen LogP contribution in [0, 0.1) is 10.1 Å². The van der Waals surface area contributed by atoms with Crippen LogP contribution in [0.1, 0.15) is 24.8 Å². The Kier molecular flexibility index (Phi) is 7.08. The summed E-state index contributed by atoms with van der Waals surface area (Å²) in [6.07, 6.45) is -0.309. The van der Waals surface area contributed by atoms with Crippen LogP contribution >= 0.6 is 23.2 Å². The maximum atomic E-state index is 13.1. The molecule has 0 saturated heterocycles. The lowest BCUT2D eigenvalue weighted by molar-refractivity contribution is -0.384. The third-order valence-corrected chi connectivity index (χ3v) is 5.73. The number of nitro groups is 1. The minimum absolute atomic E-state index is 0.0154. The topological polar surface area (TPSA) is 168 Å². The van der Waals surface area contributed by atoms with Gasteiger partial charge in [-0.2, -0.15) is 4.98 Å². The number of anilines is 4. The number of aromatic nitrogens is 2. The van der Waals surface area contributed by atoms with Crippen molar-refractivity contribution in [3.05, 3.63) is 72.5 Å². The van der Waals surface area contributed by atoms with Crippen LogP contribution in [0.4, 0.5) is 28.8 Å². The lowest BCUT2D eigenvalue weighted by atomic mass is 9.92. The first kappa shape index (κ1) is 24.9. The summed E-state index contributed by atoms with van der Waals surface area (Å²) < 4.78 is 5.41. The molecule has 0 aliphatic carbocycles. The summed E-state index contributed by atoms with van der Waals surface area (Å²) in [4.78, 5) is 55.7. The molecule has 2 aromatic carbocycles. The maximum Gasteiger partial charge on any atom is 0.273 e. The van der Waals surface area contributed by atoms with Gasteiger partial charge in [-0.15, -0.1) is 0 Å². The molecule has 3 aromatic rings. The number of halogens is 2. The van der Waals surface area contributed by atoms with Crippen LogP contribution in [-0.2, 0) is 9.59 Å². The standard InChI is InChI=1S/C22H18Cl2N6O6/c1-2-36-16-8-11(30(34)35)4-6-15(16)25-20(32)12-9-17(31)27-19-18(12)21(33)29-22(28-19)26-14-5-3-10(23)7-13(14)24/h3-8,12H,2,9H2,1H3,(H,25,32)(H3,26,27,28,29,31,33). The fraction of sp³-hybridized carbons (Fsp3) is 0.182. The Morgan fingerprint density at radius 3 is 2.67 bits per heavy atom. The highest BCUT2D eigenvalue weighted by molar-refractivity contribution is 6.36. The van der Waals surface area contributed by atoms with Crippen molar-refractivity contribution in [1.82, 2.24) is 9.97 Å². The third-order valence-electron chi connectivity index (χ3n) is 5.19. The van der Waals surface area contributed by atoms with Gasteiger partial charge in [-0.05, 0) is 31.2 Å². The molecule has 36 heavy (non-hydrogen) atoms. The number of ether oxygens (including phenoxy) is 1. The van der Waals surface area contributed by atoms with Crippen LogP contribution in [-0.4, -0.2) is 33.3 Å². The number of benzene rings is 2. The lowest BCUT2D eigenvalue weighted by Crippen LogP contribution is -2.36. The molecule has 0 radical (unpaired) electrons. The first-order chi connectivity index (χ1) is 17.2. The molecule has 4 N–H and O–H groups in total. The van der Waals surface area contributed by atoms with E-state index in [0.717, 1.165) is 0 Å². The van der Waals surface area contributed by atoms with Gasteiger partial charge in [0.15, 0.2) is 0 Å². The molecule has 0 saturated carbocycles. The van der Waals surface area contributed by atoms with Crippen molar-refractivity contribution in [2.45, 2.75) is 19.3 Å². The largest absolute Gasteiger partial charge is 0.491 e. The Bertz CT molecular complexity index is 1440. The summed E-state index contributed by atoms with van der Waals surface area (Å²) >= 11 is 12.1. The summed E-state index contributed by atoms with van der Waals surface area (Å²) in [5.74, 6) is -2.41. The Morgan fingerprint density at radius 1 is 1.22 bits per heavy atom. The van der Waals surface area contributed by atoms with Gasteiger partial charge < -0.3 is 20.7 Å². The number of H-pyrrole nitrogens is 1. The zero-order chi connectivity index (χ0) is 26.0. The number of nitro benzene ring substituents is 1. The van der Waals surface area contributed by atoms with Crippen LogP contribution in [0.5, 0.6) is 5.75 Å². The molecule has 0 spiro atoms. The molecule has 1 atom stereocenters. The Morgan fingerprint density at radius 2 is 1.97 bits per heavy atom. The van der Waals surface area contributed by atoms with E-state index < -0.39 is 28.2 Å². The van der Waals surface area contributed by atoms with Gasteiger partial charge in [-0.1, -0.05) is 23.2 Å². The van der Waals surface area contributed by atoms with Crippen LogP contribution in [0.2, 0.25) is 10.0 Å². The molecule has 1 aliphatic heterocycles. The number of nitrogens with zero attached hydrogens (tertiary/aromatic N) is 2. The molecule has 186 valence electrons. The van der Waals surface area contributed by atoms with E-state index in [9.17, 15) is 24.5 Å². The van der Waals surface area contributed by atoms with Crippen molar-refractivity contribution >= 4 is 63.8 Å². The summed E-state index contributed by atoms with van der Waals surface area (Å²) in [6.45, 7) is 1.87. The highest BCUT2D eigenvalue weighted by atomic mass is 35.5. The maximum absolute atomic E-state index is 13.1. The van der Waals surface area contributed by atoms with E-state index in [4.69, 9.17) is 27.9 Å². The highest BCUT2D eigenvalue weighted by Crippen LogP contribution is 2.34. The average Bonchev–Trinajstić information content (AvgIpc) is 2.81. The first-order valence-corrected chi connectivity index (χ1v) is 11.3. The smallest absolute Gasteiger partial charge is 0.273 e. The van der Waals surface area contributed by atoms with Gasteiger partial charge >= 0.3 is 0 Å². The van der Waals surface area contributed by atoms with Crippen LogP contribution < -0.4 is 26.2 Å². The lowest BCUT2D eigenvalue weighted by Gasteiger charge is -2.24. The molecule has 2 heterocycles. The third kappa shape index (κ3) is 5.24. The van der Waals surface area contributed by atoms with E-state index in [1.54, 1.807) is 19.1 Å². The van der Waals surface area contributed by atoms with Gasteiger partial charge in [0, 0.05) is 17.5 Å². The summed E-state index contributed by atoms with van der Waals surface area (Å²) in [5.41, 5.74) is -0.358. The van der Waals surface area contributed by atoms with Crippen LogP contribution in [0.3, 0.4) is 0 Å². The second kappa shape index (κ2) is 10.2. The van der Waals surface area contributed by atoms with E-state index in [2.05, 4.69) is 25.9 Å². The molecule has 2 amide bonds. The number of fused-ring (bicyclic) bond motifs is 1. The number of rotatable bonds is 7. The zero-order valence-electron chi connectivity index (χ0n) is 18.6. The predicted molar refractivity (Wildman–Crippen MR) is 133 cm³/mol. The molecule has 14 heteroatoms. The van der Waals surface area contributed by atoms with Gasteiger partial charge in [0.2, 0.25) is 17.8 Å². The molecular weight excluding hydrogens is 515 g/mol. The molecule has 1 aromatic heterocycles. The fourth-order valence-electron chi connectivity index (χ4n) is 3.60. The minimum atomic E-state index is -1.18. The van der Waals surface area contributed by atoms with Crippen molar-refractivity contribution in [3.63, 3.8) is 0 Å². The van der Waals surface area contributed by atoms with Gasteiger partial charge in [0.1, 0.15) is 11.6 Å². The van der Waals surface area contributed by atoms with E-state index in [-0.39, 0.29) is 52.5 Å². The Labute approximate surface area is 213 Å². The number of carbonyl (C=O) groups excluding carboxylic acids is 2. The minimum Gasteiger partial charge on any atom is -0.491 e. The summed E-state index contributed by atoms with van der Waals surface area (Å²) in [5, 5.41) is 19.7. The van der Waals surface area contributed by atoms with Gasteiger partial charge in [0.05, 0.1) is 45.5 Å². The second-order valence-electron chi connectivity index (χ2n) is 7.59. The van der Waals surface area contributed by atoms with Crippen LogP contribution in [0.25, 0.3) is 0 Å². The number of amides is 2. The Hall–Kier alpha value is -4.16. The molecule has 4 rings (SSSR count). The van der Waals surface area contributed by atoms with Crippen molar-refractivity contribution < 1.29 is 19.2 Å². The second-order valence-corrected chi connectivity index (χ2v) is 8.43. The quantitative estimate of drug-likeness (QED) is 0.259. The van der Waals surface area contributed by atoms with Gasteiger partial charge in [-0.25, -0.2) is 0 Å². The number of hydrogen-bond acceptors (Lipinski definition) is 8. The molecule has 1 aliphatic rings.